The largest absolute Gasteiger partial charge is 0.480 e. The maximum atomic E-state index is 12.0. The van der Waals surface area contributed by atoms with Gasteiger partial charge in [-0.1, -0.05) is 0 Å². The van der Waals surface area contributed by atoms with Gasteiger partial charge in [-0.2, -0.15) is 0 Å². The normalized spacial score (nSPS) is 17.0. The summed E-state index contributed by atoms with van der Waals surface area (Å²) < 4.78 is 0. The molecule has 1 aromatic carbocycles. The van der Waals surface area contributed by atoms with Crippen LogP contribution in [0.1, 0.15) is 11.6 Å². The van der Waals surface area contributed by atoms with E-state index in [9.17, 15) is 19.5 Å². The SMILES string of the molecule is CN1CCN([C@H](C(=O)O)c2c[nH]c3ccc(NC(=O)/C=C/C(=O)O)cc23)CC1. The summed E-state index contributed by atoms with van der Waals surface area (Å²) in [4.78, 5) is 41.5. The number of aromatic amines is 1. The molecule has 1 atom stereocenters. The summed E-state index contributed by atoms with van der Waals surface area (Å²) in [7, 11) is 2.01. The van der Waals surface area contributed by atoms with Gasteiger partial charge >= 0.3 is 11.9 Å². The minimum absolute atomic E-state index is 0.455. The molecule has 0 spiro atoms. The molecule has 0 saturated carbocycles. The maximum absolute atomic E-state index is 12.0. The Bertz CT molecular complexity index is 928. The first-order valence-electron chi connectivity index (χ1n) is 8.83. The molecule has 0 unspecified atom stereocenters. The second-order valence-electron chi connectivity index (χ2n) is 6.75. The number of carbonyl (C=O) groups excluding carboxylic acids is 1. The van der Waals surface area contributed by atoms with Crippen LogP contribution >= 0.6 is 0 Å². The van der Waals surface area contributed by atoms with Crippen molar-refractivity contribution in [1.82, 2.24) is 14.8 Å². The van der Waals surface area contributed by atoms with Crippen LogP contribution in [-0.4, -0.2) is 76.1 Å². The zero-order chi connectivity index (χ0) is 20.3. The number of rotatable bonds is 6. The Labute approximate surface area is 161 Å². The minimum atomic E-state index is -1.21. The van der Waals surface area contributed by atoms with Gasteiger partial charge in [0.15, 0.2) is 0 Å². The number of fused-ring (bicyclic) bond motifs is 1. The van der Waals surface area contributed by atoms with E-state index in [-0.39, 0.29) is 0 Å². The molecule has 9 heteroatoms. The van der Waals surface area contributed by atoms with Crippen LogP contribution < -0.4 is 5.32 Å². The summed E-state index contributed by atoms with van der Waals surface area (Å²) in [5.41, 5.74) is 1.84. The van der Waals surface area contributed by atoms with E-state index in [2.05, 4.69) is 15.2 Å². The average Bonchev–Trinajstić information content (AvgIpc) is 3.04. The molecule has 1 fully saturated rings. The molecule has 1 saturated heterocycles. The van der Waals surface area contributed by atoms with E-state index in [1.807, 2.05) is 11.9 Å². The molecule has 1 aliphatic heterocycles. The van der Waals surface area contributed by atoms with Crippen molar-refractivity contribution < 1.29 is 24.6 Å². The first-order valence-corrected chi connectivity index (χ1v) is 8.83. The van der Waals surface area contributed by atoms with Crippen molar-refractivity contribution in [2.45, 2.75) is 6.04 Å². The van der Waals surface area contributed by atoms with Crippen LogP contribution in [0.5, 0.6) is 0 Å². The lowest BCUT2D eigenvalue weighted by Crippen LogP contribution is -2.47. The molecule has 1 aliphatic rings. The summed E-state index contributed by atoms with van der Waals surface area (Å²) in [5.74, 6) is -2.72. The zero-order valence-electron chi connectivity index (χ0n) is 15.4. The lowest BCUT2D eigenvalue weighted by Gasteiger charge is -2.36. The van der Waals surface area contributed by atoms with Crippen molar-refractivity contribution in [3.8, 4) is 0 Å². The molecule has 0 radical (unpaired) electrons. The molecule has 28 heavy (non-hydrogen) atoms. The highest BCUT2D eigenvalue weighted by Gasteiger charge is 2.31. The van der Waals surface area contributed by atoms with Gasteiger partial charge in [-0.15, -0.1) is 0 Å². The highest BCUT2D eigenvalue weighted by molar-refractivity contribution is 6.03. The Morgan fingerprint density at radius 3 is 2.50 bits per heavy atom. The number of likely N-dealkylation sites (N-methyl/N-ethyl adjacent to an activating group) is 1. The Balaban J connectivity index is 1.89. The third kappa shape index (κ3) is 4.38. The number of hydrogen-bond acceptors (Lipinski definition) is 5. The predicted octanol–water partition coefficient (Wildman–Crippen LogP) is 1.12. The highest BCUT2D eigenvalue weighted by atomic mass is 16.4. The summed E-state index contributed by atoms with van der Waals surface area (Å²) in [6.07, 6.45) is 3.37. The maximum Gasteiger partial charge on any atom is 0.328 e. The van der Waals surface area contributed by atoms with Crippen LogP contribution in [0, 0.1) is 0 Å². The van der Waals surface area contributed by atoms with Gasteiger partial charge in [-0.3, -0.25) is 14.5 Å². The van der Waals surface area contributed by atoms with E-state index in [0.717, 1.165) is 30.8 Å². The van der Waals surface area contributed by atoms with Gasteiger partial charge in [0.2, 0.25) is 5.91 Å². The number of nitrogens with one attached hydrogen (secondary N) is 2. The van der Waals surface area contributed by atoms with Crippen molar-refractivity contribution in [3.63, 3.8) is 0 Å². The number of amides is 1. The highest BCUT2D eigenvalue weighted by Crippen LogP contribution is 2.31. The van der Waals surface area contributed by atoms with Crippen molar-refractivity contribution in [2.75, 3.05) is 38.5 Å². The second-order valence-corrected chi connectivity index (χ2v) is 6.75. The fourth-order valence-corrected chi connectivity index (χ4v) is 3.34. The third-order valence-corrected chi connectivity index (χ3v) is 4.79. The number of nitrogens with zero attached hydrogens (tertiary/aromatic N) is 2. The van der Waals surface area contributed by atoms with Crippen LogP contribution in [0.15, 0.2) is 36.5 Å². The molecule has 148 valence electrons. The fraction of sp³-hybridized carbons (Fsp3) is 0.316. The Morgan fingerprint density at radius 2 is 1.86 bits per heavy atom. The van der Waals surface area contributed by atoms with Crippen LogP contribution in [0.2, 0.25) is 0 Å². The molecule has 3 rings (SSSR count). The zero-order valence-corrected chi connectivity index (χ0v) is 15.4. The Hall–Kier alpha value is -3.17. The number of aromatic nitrogens is 1. The molecular weight excluding hydrogens is 364 g/mol. The molecule has 9 nitrogen and oxygen atoms in total. The number of anilines is 1. The van der Waals surface area contributed by atoms with E-state index < -0.39 is 23.9 Å². The van der Waals surface area contributed by atoms with E-state index >= 15 is 0 Å². The molecule has 0 aliphatic carbocycles. The minimum Gasteiger partial charge on any atom is -0.480 e. The number of carboxylic acid groups (broad SMARTS) is 2. The molecule has 1 amide bonds. The second kappa shape index (κ2) is 8.24. The quantitative estimate of drug-likeness (QED) is 0.548. The van der Waals surface area contributed by atoms with Gasteiger partial charge in [0.25, 0.3) is 0 Å². The summed E-state index contributed by atoms with van der Waals surface area (Å²) in [5, 5.41) is 21.7. The Morgan fingerprint density at radius 1 is 1.14 bits per heavy atom. The van der Waals surface area contributed by atoms with Crippen molar-refractivity contribution >= 4 is 34.4 Å². The standard InChI is InChI=1S/C19H22N4O5/c1-22-6-8-23(9-7-22)18(19(27)28)14-11-20-15-3-2-12(10-13(14)15)21-16(24)4-5-17(25)26/h2-5,10-11,18,20H,6-9H2,1H3,(H,21,24)(H,25,26)(H,27,28)/b5-4+/t18-/m0/s1. The predicted molar refractivity (Wildman–Crippen MR) is 103 cm³/mol. The average molecular weight is 386 g/mol. The first kappa shape index (κ1) is 19.6. The molecule has 1 aromatic heterocycles. The fourth-order valence-electron chi connectivity index (χ4n) is 3.34. The van der Waals surface area contributed by atoms with Gasteiger partial charge < -0.3 is 25.4 Å². The number of carbonyl (C=O) groups is 3. The monoisotopic (exact) mass is 386 g/mol. The number of H-pyrrole nitrogens is 1. The molecule has 4 N–H and O–H groups in total. The van der Waals surface area contributed by atoms with E-state index in [4.69, 9.17) is 5.11 Å². The first-order chi connectivity index (χ1) is 13.3. The van der Waals surface area contributed by atoms with E-state index in [1.54, 1.807) is 24.4 Å². The van der Waals surface area contributed by atoms with Crippen molar-refractivity contribution in [3.05, 3.63) is 42.1 Å². The van der Waals surface area contributed by atoms with Crippen LogP contribution in [0.4, 0.5) is 5.69 Å². The lowest BCUT2D eigenvalue weighted by molar-refractivity contribution is -0.144. The van der Waals surface area contributed by atoms with Gasteiger partial charge in [0.1, 0.15) is 6.04 Å². The summed E-state index contributed by atoms with van der Waals surface area (Å²) in [6, 6.07) is 4.32. The third-order valence-electron chi connectivity index (χ3n) is 4.79. The number of aliphatic carboxylic acids is 2. The van der Waals surface area contributed by atoms with Gasteiger partial charge in [-0.05, 0) is 25.2 Å². The van der Waals surface area contributed by atoms with Crippen LogP contribution in [-0.2, 0) is 14.4 Å². The molecule has 2 aromatic rings. The number of hydrogen-bond donors (Lipinski definition) is 4. The molecule has 0 bridgehead atoms. The van der Waals surface area contributed by atoms with Crippen LogP contribution in [0.25, 0.3) is 10.9 Å². The van der Waals surface area contributed by atoms with E-state index in [1.165, 1.54) is 0 Å². The van der Waals surface area contributed by atoms with Gasteiger partial charge in [0, 0.05) is 66.7 Å². The number of piperazine rings is 1. The summed E-state index contributed by atoms with van der Waals surface area (Å²) >= 11 is 0. The molecular formula is C19H22N4O5. The summed E-state index contributed by atoms with van der Waals surface area (Å²) in [6.45, 7) is 2.89. The lowest BCUT2D eigenvalue weighted by atomic mass is 10.0. The van der Waals surface area contributed by atoms with Crippen molar-refractivity contribution in [1.29, 1.82) is 0 Å². The smallest absolute Gasteiger partial charge is 0.328 e. The van der Waals surface area contributed by atoms with Crippen LogP contribution in [0.3, 0.4) is 0 Å². The number of carboxylic acids is 2. The van der Waals surface area contributed by atoms with E-state index in [0.29, 0.717) is 29.7 Å². The van der Waals surface area contributed by atoms with Gasteiger partial charge in [-0.25, -0.2) is 4.79 Å². The Kier molecular flexibility index (Phi) is 5.76. The topological polar surface area (TPSA) is 126 Å². The van der Waals surface area contributed by atoms with Crippen molar-refractivity contribution in [2.24, 2.45) is 0 Å². The molecule has 2 heterocycles. The van der Waals surface area contributed by atoms with Gasteiger partial charge in [0.05, 0.1) is 0 Å². The number of benzene rings is 1.